The summed E-state index contributed by atoms with van der Waals surface area (Å²) in [7, 11) is 0. The van der Waals surface area contributed by atoms with Crippen LogP contribution in [0.5, 0.6) is 5.75 Å². The Bertz CT molecular complexity index is 1350. The molecule has 4 heterocycles. The number of nitrogens with two attached hydrogens (primary N) is 1. The number of hydrogen-bond acceptors (Lipinski definition) is 10. The predicted octanol–water partition coefficient (Wildman–Crippen LogP) is 2.79. The lowest BCUT2D eigenvalue weighted by Gasteiger charge is -2.37. The van der Waals surface area contributed by atoms with Gasteiger partial charge < -0.3 is 25.4 Å². The van der Waals surface area contributed by atoms with Crippen LogP contribution in [0.15, 0.2) is 42.6 Å². The molecule has 0 aliphatic carbocycles. The summed E-state index contributed by atoms with van der Waals surface area (Å²) in [6.07, 6.45) is 2.69. The van der Waals surface area contributed by atoms with Gasteiger partial charge in [0.2, 0.25) is 5.82 Å². The van der Waals surface area contributed by atoms with Crippen molar-refractivity contribution in [3.63, 3.8) is 0 Å². The Morgan fingerprint density at radius 1 is 1.03 bits per heavy atom. The second kappa shape index (κ2) is 11.8. The molecule has 0 amide bonds. The van der Waals surface area contributed by atoms with Crippen molar-refractivity contribution in [2.45, 2.75) is 45.3 Å². The van der Waals surface area contributed by atoms with Crippen molar-refractivity contribution in [2.75, 3.05) is 54.9 Å². The SMILES string of the molecule is CC1CCN(c2cc(-c3ccccc3O)nnc2N)CCN1c1ccnc(C#CCN2C(C)COCC2C)n1. The quantitative estimate of drug-likeness (QED) is 0.490. The summed E-state index contributed by atoms with van der Waals surface area (Å²) in [6, 6.07) is 11.9. The largest absolute Gasteiger partial charge is 0.507 e. The Morgan fingerprint density at radius 3 is 2.62 bits per heavy atom. The van der Waals surface area contributed by atoms with Gasteiger partial charge in [-0.25, -0.2) is 9.97 Å². The number of anilines is 3. The van der Waals surface area contributed by atoms with E-state index in [1.807, 2.05) is 24.3 Å². The van der Waals surface area contributed by atoms with Gasteiger partial charge in [-0.15, -0.1) is 10.2 Å². The second-order valence-corrected chi connectivity index (χ2v) is 10.3. The van der Waals surface area contributed by atoms with Gasteiger partial charge in [-0.05, 0) is 57.4 Å². The highest BCUT2D eigenvalue weighted by Gasteiger charge is 2.25. The highest BCUT2D eigenvalue weighted by atomic mass is 16.5. The second-order valence-electron chi connectivity index (χ2n) is 10.3. The first-order valence-corrected chi connectivity index (χ1v) is 13.5. The number of para-hydroxylation sites is 1. The number of phenolic OH excluding ortho intramolecular Hbond substituents is 1. The maximum atomic E-state index is 10.3. The van der Waals surface area contributed by atoms with Crippen LogP contribution >= 0.6 is 0 Å². The molecule has 2 saturated heterocycles. The van der Waals surface area contributed by atoms with Gasteiger partial charge in [0, 0.05) is 49.5 Å². The molecular weight excluding hydrogens is 492 g/mol. The fraction of sp³-hybridized carbons (Fsp3) is 0.448. The van der Waals surface area contributed by atoms with Gasteiger partial charge in [0.15, 0.2) is 5.82 Å². The van der Waals surface area contributed by atoms with Gasteiger partial charge >= 0.3 is 0 Å². The smallest absolute Gasteiger partial charge is 0.206 e. The molecule has 1 aromatic carbocycles. The van der Waals surface area contributed by atoms with Crippen LogP contribution < -0.4 is 15.5 Å². The molecule has 5 rings (SSSR count). The molecule has 2 aromatic heterocycles. The zero-order chi connectivity index (χ0) is 27.4. The average molecular weight is 529 g/mol. The maximum Gasteiger partial charge on any atom is 0.206 e. The van der Waals surface area contributed by atoms with E-state index in [0.29, 0.717) is 41.5 Å². The van der Waals surface area contributed by atoms with Crippen molar-refractivity contribution in [1.82, 2.24) is 25.1 Å². The van der Waals surface area contributed by atoms with Gasteiger partial charge in [-0.1, -0.05) is 18.1 Å². The molecule has 10 heteroatoms. The predicted molar refractivity (Wildman–Crippen MR) is 153 cm³/mol. The van der Waals surface area contributed by atoms with Crippen LogP contribution in [0, 0.1) is 11.8 Å². The molecule has 0 spiro atoms. The first kappa shape index (κ1) is 26.7. The van der Waals surface area contributed by atoms with Crippen LogP contribution in [0.2, 0.25) is 0 Å². The number of hydrogen-bond donors (Lipinski definition) is 2. The first-order chi connectivity index (χ1) is 18.9. The van der Waals surface area contributed by atoms with Crippen molar-refractivity contribution in [2.24, 2.45) is 0 Å². The Balaban J connectivity index is 1.30. The van der Waals surface area contributed by atoms with E-state index in [2.05, 4.69) is 62.5 Å². The van der Waals surface area contributed by atoms with Crippen molar-refractivity contribution in [3.8, 4) is 28.8 Å². The van der Waals surface area contributed by atoms with E-state index in [9.17, 15) is 5.11 Å². The minimum absolute atomic E-state index is 0.162. The Labute approximate surface area is 229 Å². The summed E-state index contributed by atoms with van der Waals surface area (Å²) in [5, 5.41) is 18.7. The Morgan fingerprint density at radius 2 is 1.82 bits per heavy atom. The molecule has 39 heavy (non-hydrogen) atoms. The normalized spacial score (nSPS) is 22.2. The fourth-order valence-electron chi connectivity index (χ4n) is 5.23. The molecule has 3 atom stereocenters. The number of benzene rings is 1. The van der Waals surface area contributed by atoms with Gasteiger partial charge in [-0.2, -0.15) is 0 Å². The van der Waals surface area contributed by atoms with E-state index in [1.165, 1.54) is 0 Å². The number of rotatable bonds is 4. The van der Waals surface area contributed by atoms with E-state index < -0.39 is 0 Å². The summed E-state index contributed by atoms with van der Waals surface area (Å²) < 4.78 is 5.62. The fourth-order valence-corrected chi connectivity index (χ4v) is 5.23. The van der Waals surface area contributed by atoms with Crippen LogP contribution in [0.4, 0.5) is 17.3 Å². The van der Waals surface area contributed by atoms with E-state index in [4.69, 9.17) is 15.5 Å². The molecule has 0 radical (unpaired) electrons. The molecule has 204 valence electrons. The third kappa shape index (κ3) is 6.05. The van der Waals surface area contributed by atoms with Crippen LogP contribution in [0.25, 0.3) is 11.3 Å². The lowest BCUT2D eigenvalue weighted by Crippen LogP contribution is -2.49. The highest BCUT2D eigenvalue weighted by Crippen LogP contribution is 2.32. The molecule has 0 bridgehead atoms. The first-order valence-electron chi connectivity index (χ1n) is 13.5. The van der Waals surface area contributed by atoms with Crippen LogP contribution in [0.3, 0.4) is 0 Å². The topological polar surface area (TPSA) is 117 Å². The number of ether oxygens (including phenoxy) is 1. The zero-order valence-corrected chi connectivity index (χ0v) is 22.8. The molecule has 10 nitrogen and oxygen atoms in total. The minimum Gasteiger partial charge on any atom is -0.507 e. The lowest BCUT2D eigenvalue weighted by molar-refractivity contribution is -0.0296. The van der Waals surface area contributed by atoms with Crippen molar-refractivity contribution in [3.05, 3.63) is 48.4 Å². The summed E-state index contributed by atoms with van der Waals surface area (Å²) >= 11 is 0. The maximum absolute atomic E-state index is 10.3. The molecule has 2 aliphatic rings. The van der Waals surface area contributed by atoms with Gasteiger partial charge in [0.25, 0.3) is 0 Å². The van der Waals surface area contributed by atoms with Crippen molar-refractivity contribution >= 4 is 17.3 Å². The van der Waals surface area contributed by atoms with Crippen molar-refractivity contribution in [1.29, 1.82) is 0 Å². The molecule has 0 saturated carbocycles. The summed E-state index contributed by atoms with van der Waals surface area (Å²) in [5.74, 6) is 8.37. The Kier molecular flexibility index (Phi) is 8.10. The monoisotopic (exact) mass is 528 g/mol. The molecule has 3 N–H and O–H groups in total. The Hall–Kier alpha value is -3.94. The zero-order valence-electron chi connectivity index (χ0n) is 22.8. The molecule has 2 fully saturated rings. The summed E-state index contributed by atoms with van der Waals surface area (Å²) in [4.78, 5) is 16.1. The van der Waals surface area contributed by atoms with E-state index in [1.54, 1.807) is 18.3 Å². The van der Waals surface area contributed by atoms with E-state index in [-0.39, 0.29) is 11.8 Å². The highest BCUT2D eigenvalue weighted by molar-refractivity contribution is 5.74. The molecule has 2 aliphatic heterocycles. The average Bonchev–Trinajstić information content (AvgIpc) is 3.13. The van der Waals surface area contributed by atoms with Crippen molar-refractivity contribution < 1.29 is 9.84 Å². The van der Waals surface area contributed by atoms with Crippen LogP contribution in [-0.2, 0) is 4.74 Å². The third-order valence-corrected chi connectivity index (χ3v) is 7.53. The lowest BCUT2D eigenvalue weighted by atomic mass is 10.1. The van der Waals surface area contributed by atoms with Gasteiger partial charge in [-0.3, -0.25) is 4.90 Å². The molecule has 3 aromatic rings. The standard InChI is InChI=1S/C29H36N8O2/c1-20-11-14-35(25-17-24(33-34-29(25)30)23-7-4-5-8-26(23)38)15-16-37(20)28-10-12-31-27(32-28)9-6-13-36-21(2)18-39-19-22(36)3/h4-5,7-8,10,12,17,20-22,38H,11,13-16,18-19H2,1-3H3,(H2,30,34). The van der Waals surface area contributed by atoms with Crippen LogP contribution in [0.1, 0.15) is 33.0 Å². The number of morpholine rings is 1. The van der Waals surface area contributed by atoms with Gasteiger partial charge in [0.05, 0.1) is 31.1 Å². The number of nitrogens with zero attached hydrogens (tertiary/aromatic N) is 7. The number of aromatic nitrogens is 4. The number of aromatic hydroxyl groups is 1. The number of phenols is 1. The van der Waals surface area contributed by atoms with E-state index >= 15 is 0 Å². The molecular formula is C29H36N8O2. The molecule has 3 unspecified atom stereocenters. The minimum atomic E-state index is 0.162. The summed E-state index contributed by atoms with van der Waals surface area (Å²) in [5.41, 5.74) is 8.30. The van der Waals surface area contributed by atoms with Gasteiger partial charge in [0.1, 0.15) is 11.6 Å². The number of nitrogen functional groups attached to an aromatic ring is 1. The van der Waals surface area contributed by atoms with E-state index in [0.717, 1.165) is 50.8 Å². The van der Waals surface area contributed by atoms with Crippen LogP contribution in [-0.4, -0.2) is 87.7 Å². The third-order valence-electron chi connectivity index (χ3n) is 7.53. The summed E-state index contributed by atoms with van der Waals surface area (Å²) in [6.45, 7) is 11.0.